The summed E-state index contributed by atoms with van der Waals surface area (Å²) in [6.07, 6.45) is 0. The Bertz CT molecular complexity index is 1460. The molecule has 0 aliphatic heterocycles. The van der Waals surface area contributed by atoms with E-state index in [4.69, 9.17) is 15.9 Å². The lowest BCUT2D eigenvalue weighted by atomic mass is 10.1. The van der Waals surface area contributed by atoms with Crippen LogP contribution in [0, 0.1) is 19.7 Å². The maximum atomic E-state index is 14.0. The molecular formula is C26H24FN5O4S. The van der Waals surface area contributed by atoms with E-state index in [1.54, 1.807) is 62.4 Å². The number of carbonyl (C=O) groups is 3. The van der Waals surface area contributed by atoms with Gasteiger partial charge in [0.25, 0.3) is 17.7 Å². The summed E-state index contributed by atoms with van der Waals surface area (Å²) in [5, 5.41) is 2.81. The highest BCUT2D eigenvalue weighted by molar-refractivity contribution is 7.09. The average Bonchev–Trinajstić information content (AvgIpc) is 3.47. The SMILES string of the molecule is Cc1ccc(C(C(=O)NCc2ccc(F)cc2)N(C(=O)c2snc(C(N)=O)c2N)c2ccccc2C)o1. The molecule has 0 spiro atoms. The van der Waals surface area contributed by atoms with Gasteiger partial charge < -0.3 is 21.2 Å². The molecule has 11 heteroatoms. The Kier molecular flexibility index (Phi) is 7.35. The molecule has 5 N–H and O–H groups in total. The van der Waals surface area contributed by atoms with Crippen LogP contribution in [0.5, 0.6) is 0 Å². The Morgan fingerprint density at radius 2 is 1.78 bits per heavy atom. The van der Waals surface area contributed by atoms with Crippen molar-refractivity contribution >= 4 is 40.6 Å². The van der Waals surface area contributed by atoms with Crippen LogP contribution in [0.2, 0.25) is 0 Å². The van der Waals surface area contributed by atoms with Crippen molar-refractivity contribution < 1.29 is 23.2 Å². The molecule has 9 nitrogen and oxygen atoms in total. The maximum absolute atomic E-state index is 14.0. The van der Waals surface area contributed by atoms with E-state index in [1.165, 1.54) is 17.0 Å². The monoisotopic (exact) mass is 521 g/mol. The van der Waals surface area contributed by atoms with Crippen molar-refractivity contribution in [3.8, 4) is 0 Å². The Hall–Kier alpha value is -4.51. The molecule has 37 heavy (non-hydrogen) atoms. The number of nitrogens with one attached hydrogen (secondary N) is 1. The summed E-state index contributed by atoms with van der Waals surface area (Å²) in [6.45, 7) is 3.60. The molecule has 0 aliphatic rings. The molecule has 190 valence electrons. The van der Waals surface area contributed by atoms with E-state index in [-0.39, 0.29) is 28.6 Å². The Balaban J connectivity index is 1.80. The molecule has 0 fully saturated rings. The number of carbonyl (C=O) groups excluding carboxylic acids is 3. The molecule has 4 rings (SSSR count). The molecule has 1 atom stereocenters. The van der Waals surface area contributed by atoms with E-state index >= 15 is 0 Å². The molecule has 0 saturated carbocycles. The van der Waals surface area contributed by atoms with Gasteiger partial charge in [-0.3, -0.25) is 19.3 Å². The molecule has 2 aromatic carbocycles. The summed E-state index contributed by atoms with van der Waals surface area (Å²) in [6, 6.07) is 14.7. The summed E-state index contributed by atoms with van der Waals surface area (Å²) >= 11 is 0.718. The second kappa shape index (κ2) is 10.6. The molecule has 1 unspecified atom stereocenters. The molecule has 0 aliphatic carbocycles. The Morgan fingerprint density at radius 3 is 2.38 bits per heavy atom. The quantitative estimate of drug-likeness (QED) is 0.321. The van der Waals surface area contributed by atoms with Crippen LogP contribution in [-0.2, 0) is 11.3 Å². The van der Waals surface area contributed by atoms with Gasteiger partial charge in [-0.25, -0.2) is 4.39 Å². The van der Waals surface area contributed by atoms with Gasteiger partial charge in [-0.1, -0.05) is 30.3 Å². The second-order valence-electron chi connectivity index (χ2n) is 8.30. The number of anilines is 2. The van der Waals surface area contributed by atoms with Gasteiger partial charge >= 0.3 is 0 Å². The zero-order valence-corrected chi connectivity index (χ0v) is 20.8. The second-order valence-corrected chi connectivity index (χ2v) is 9.07. The third kappa shape index (κ3) is 5.36. The van der Waals surface area contributed by atoms with Crippen molar-refractivity contribution in [2.24, 2.45) is 5.73 Å². The molecule has 0 saturated heterocycles. The normalized spacial score (nSPS) is 11.6. The fraction of sp³-hybridized carbons (Fsp3) is 0.154. The highest BCUT2D eigenvalue weighted by Gasteiger charge is 2.38. The molecule has 0 radical (unpaired) electrons. The number of primary amides is 1. The summed E-state index contributed by atoms with van der Waals surface area (Å²) in [5.74, 6) is -1.72. The predicted molar refractivity (Wildman–Crippen MR) is 137 cm³/mol. The Labute approximate surface area is 216 Å². The molecule has 4 aromatic rings. The topological polar surface area (TPSA) is 145 Å². The molecular weight excluding hydrogens is 497 g/mol. The van der Waals surface area contributed by atoms with Gasteiger partial charge in [0.2, 0.25) is 0 Å². The number of hydrogen-bond acceptors (Lipinski definition) is 7. The first-order valence-electron chi connectivity index (χ1n) is 11.2. The van der Waals surface area contributed by atoms with Crippen LogP contribution in [0.4, 0.5) is 15.8 Å². The fourth-order valence-corrected chi connectivity index (χ4v) is 4.54. The van der Waals surface area contributed by atoms with Gasteiger partial charge in [-0.15, -0.1) is 0 Å². The van der Waals surface area contributed by atoms with Crippen LogP contribution in [0.1, 0.15) is 48.8 Å². The number of aryl methyl sites for hydroxylation is 2. The van der Waals surface area contributed by atoms with Crippen LogP contribution in [0.15, 0.2) is 65.1 Å². The smallest absolute Gasteiger partial charge is 0.273 e. The van der Waals surface area contributed by atoms with Crippen molar-refractivity contribution in [1.29, 1.82) is 0 Å². The first-order valence-corrected chi connectivity index (χ1v) is 12.0. The van der Waals surface area contributed by atoms with Crippen LogP contribution >= 0.6 is 11.5 Å². The lowest BCUT2D eigenvalue weighted by molar-refractivity contribution is -0.123. The first-order chi connectivity index (χ1) is 17.7. The minimum atomic E-state index is -1.25. The van der Waals surface area contributed by atoms with Gasteiger partial charge in [0, 0.05) is 12.2 Å². The number of furan rings is 1. The molecule has 0 bridgehead atoms. The van der Waals surface area contributed by atoms with Crippen LogP contribution in [-0.4, -0.2) is 22.1 Å². The highest BCUT2D eigenvalue weighted by atomic mass is 32.1. The van der Waals surface area contributed by atoms with Gasteiger partial charge in [0.15, 0.2) is 11.7 Å². The number of para-hydroxylation sites is 1. The lowest BCUT2D eigenvalue weighted by Gasteiger charge is -2.30. The zero-order valence-electron chi connectivity index (χ0n) is 20.0. The minimum absolute atomic E-state index is 0.0448. The number of nitrogens with two attached hydrogens (primary N) is 2. The predicted octanol–water partition coefficient (Wildman–Crippen LogP) is 3.88. The van der Waals surface area contributed by atoms with Gasteiger partial charge in [0.05, 0.1) is 5.69 Å². The summed E-state index contributed by atoms with van der Waals surface area (Å²) < 4.78 is 23.1. The summed E-state index contributed by atoms with van der Waals surface area (Å²) in [7, 11) is 0. The average molecular weight is 522 g/mol. The van der Waals surface area contributed by atoms with Crippen LogP contribution in [0.3, 0.4) is 0 Å². The van der Waals surface area contributed by atoms with Crippen molar-refractivity contribution in [2.45, 2.75) is 26.4 Å². The largest absolute Gasteiger partial charge is 0.464 e. The van der Waals surface area contributed by atoms with Crippen molar-refractivity contribution in [3.63, 3.8) is 0 Å². The number of halogens is 1. The van der Waals surface area contributed by atoms with Crippen LogP contribution in [0.25, 0.3) is 0 Å². The highest BCUT2D eigenvalue weighted by Crippen LogP contribution is 2.35. The summed E-state index contributed by atoms with van der Waals surface area (Å²) in [5.41, 5.74) is 12.8. The third-order valence-electron chi connectivity index (χ3n) is 5.67. The van der Waals surface area contributed by atoms with E-state index in [0.29, 0.717) is 22.6 Å². The number of hydrogen-bond donors (Lipinski definition) is 3. The van der Waals surface area contributed by atoms with Crippen molar-refractivity contribution in [1.82, 2.24) is 9.69 Å². The van der Waals surface area contributed by atoms with E-state index in [0.717, 1.165) is 11.5 Å². The maximum Gasteiger partial charge on any atom is 0.273 e. The van der Waals surface area contributed by atoms with E-state index in [2.05, 4.69) is 9.69 Å². The number of benzene rings is 2. The number of nitrogen functional groups attached to an aromatic ring is 1. The Morgan fingerprint density at radius 1 is 1.08 bits per heavy atom. The number of amides is 3. The number of aromatic nitrogens is 1. The van der Waals surface area contributed by atoms with Crippen molar-refractivity contribution in [2.75, 3.05) is 10.6 Å². The number of nitrogens with zero attached hydrogens (tertiary/aromatic N) is 2. The minimum Gasteiger partial charge on any atom is -0.464 e. The molecule has 2 heterocycles. The van der Waals surface area contributed by atoms with E-state index in [9.17, 15) is 18.8 Å². The lowest BCUT2D eigenvalue weighted by Crippen LogP contribution is -2.44. The van der Waals surface area contributed by atoms with Gasteiger partial charge in [0.1, 0.15) is 22.2 Å². The third-order valence-corrected chi connectivity index (χ3v) is 6.52. The van der Waals surface area contributed by atoms with Gasteiger partial charge in [-0.05, 0) is 66.8 Å². The molecule has 3 amide bonds. The number of rotatable bonds is 8. The molecule has 2 aromatic heterocycles. The standard InChI is InChI=1S/C26H24FN5O4S/c1-14-5-3-4-6-18(14)32(26(35)23-20(28)21(24(29)33)31-37-23)22(19-12-7-15(2)36-19)25(34)30-13-16-8-10-17(27)11-9-16/h3-12,22H,13,28H2,1-2H3,(H2,29,33)(H,30,34). The van der Waals surface area contributed by atoms with Crippen molar-refractivity contribution in [3.05, 3.63) is 99.7 Å². The van der Waals surface area contributed by atoms with E-state index < -0.39 is 29.6 Å². The van der Waals surface area contributed by atoms with E-state index in [1.807, 2.05) is 0 Å². The van der Waals surface area contributed by atoms with Gasteiger partial charge in [-0.2, -0.15) is 4.37 Å². The zero-order chi connectivity index (χ0) is 26.7. The fourth-order valence-electron chi connectivity index (χ4n) is 3.80. The first kappa shape index (κ1) is 25.6. The van der Waals surface area contributed by atoms with Crippen LogP contribution < -0.4 is 21.7 Å². The summed E-state index contributed by atoms with van der Waals surface area (Å²) in [4.78, 5) is 40.6.